The van der Waals surface area contributed by atoms with E-state index in [4.69, 9.17) is 15.2 Å². The maximum absolute atomic E-state index is 13.8. The Hall–Kier alpha value is -4.34. The van der Waals surface area contributed by atoms with Gasteiger partial charge in [0.05, 0.1) is 7.11 Å². The van der Waals surface area contributed by atoms with Gasteiger partial charge in [-0.05, 0) is 74.4 Å². The number of likely N-dealkylation sites (tertiary alicyclic amines) is 1. The molecular formula is C30H37N5O5. The van der Waals surface area contributed by atoms with E-state index in [1.54, 1.807) is 51.1 Å². The lowest BCUT2D eigenvalue weighted by atomic mass is 10.0. The molecule has 1 aliphatic rings. The van der Waals surface area contributed by atoms with E-state index in [1.165, 1.54) is 0 Å². The van der Waals surface area contributed by atoms with Gasteiger partial charge in [-0.2, -0.15) is 0 Å². The van der Waals surface area contributed by atoms with Gasteiger partial charge in [-0.3, -0.25) is 9.59 Å². The molecule has 0 spiro atoms. The number of rotatable bonds is 8. The zero-order valence-corrected chi connectivity index (χ0v) is 23.4. The number of nitrogens with two attached hydrogens (primary N) is 1. The molecule has 0 bridgehead atoms. The minimum absolute atomic E-state index is 0.236. The number of aromatic nitrogens is 1. The highest BCUT2D eigenvalue weighted by Crippen LogP contribution is 2.22. The predicted octanol–water partition coefficient (Wildman–Crippen LogP) is 3.57. The molecular weight excluding hydrogens is 510 g/mol. The molecule has 10 nitrogen and oxygen atoms in total. The number of hydrogen-bond acceptors (Lipinski definition) is 7. The Labute approximate surface area is 234 Å². The zero-order chi connectivity index (χ0) is 28.9. The van der Waals surface area contributed by atoms with Crippen LogP contribution in [0.3, 0.4) is 0 Å². The summed E-state index contributed by atoms with van der Waals surface area (Å²) in [5.74, 6) is 0.584. The maximum Gasteiger partial charge on any atom is 0.408 e. The van der Waals surface area contributed by atoms with Crippen LogP contribution in [-0.2, 0) is 27.3 Å². The van der Waals surface area contributed by atoms with Gasteiger partial charge < -0.3 is 30.7 Å². The number of nitrogens with zero attached hydrogens (tertiary/aromatic N) is 2. The Kier molecular flexibility index (Phi) is 8.77. The molecule has 1 fully saturated rings. The molecule has 2 heterocycles. The molecule has 0 unspecified atom stereocenters. The first kappa shape index (κ1) is 28.7. The topological polar surface area (TPSA) is 136 Å². The highest BCUT2D eigenvalue weighted by Gasteiger charge is 2.38. The van der Waals surface area contributed by atoms with Crippen molar-refractivity contribution in [2.24, 2.45) is 0 Å². The summed E-state index contributed by atoms with van der Waals surface area (Å²) in [6.45, 7) is 6.01. The summed E-state index contributed by atoms with van der Waals surface area (Å²) in [5.41, 5.74) is 6.96. The second kappa shape index (κ2) is 12.2. The molecule has 0 aliphatic carbocycles. The largest absolute Gasteiger partial charge is 0.497 e. The summed E-state index contributed by atoms with van der Waals surface area (Å²) in [5, 5.41) is 7.50. The molecule has 3 amide bonds. The van der Waals surface area contributed by atoms with E-state index in [0.29, 0.717) is 37.5 Å². The molecule has 2 atom stereocenters. The van der Waals surface area contributed by atoms with Crippen molar-refractivity contribution in [2.75, 3.05) is 19.4 Å². The van der Waals surface area contributed by atoms with Crippen molar-refractivity contribution >= 4 is 34.5 Å². The van der Waals surface area contributed by atoms with Crippen molar-refractivity contribution in [3.8, 4) is 5.75 Å². The van der Waals surface area contributed by atoms with Crippen molar-refractivity contribution in [1.29, 1.82) is 0 Å². The number of anilines is 1. The van der Waals surface area contributed by atoms with Gasteiger partial charge in [0.15, 0.2) is 0 Å². The van der Waals surface area contributed by atoms with Crippen molar-refractivity contribution in [2.45, 2.75) is 64.3 Å². The van der Waals surface area contributed by atoms with Crippen LogP contribution in [0, 0.1) is 0 Å². The number of ether oxygens (including phenoxy) is 2. The Balaban J connectivity index is 1.46. The molecule has 40 heavy (non-hydrogen) atoms. The normalized spacial score (nSPS) is 15.9. The number of methoxy groups -OCH3 is 1. The number of carbonyl (C=O) groups is 3. The van der Waals surface area contributed by atoms with E-state index in [0.717, 1.165) is 21.9 Å². The lowest BCUT2D eigenvalue weighted by Gasteiger charge is -2.29. The van der Waals surface area contributed by atoms with Gasteiger partial charge in [0.2, 0.25) is 11.8 Å². The summed E-state index contributed by atoms with van der Waals surface area (Å²) in [6, 6.07) is 13.4. The third-order valence-corrected chi connectivity index (χ3v) is 6.75. The van der Waals surface area contributed by atoms with Crippen LogP contribution in [0.15, 0.2) is 54.7 Å². The molecule has 2 aromatic carbocycles. The van der Waals surface area contributed by atoms with Crippen LogP contribution in [0.4, 0.5) is 10.6 Å². The highest BCUT2D eigenvalue weighted by atomic mass is 16.6. The first-order valence-corrected chi connectivity index (χ1v) is 13.4. The molecule has 0 radical (unpaired) electrons. The number of pyridine rings is 1. The first-order chi connectivity index (χ1) is 19.0. The van der Waals surface area contributed by atoms with Crippen LogP contribution in [0.1, 0.15) is 44.7 Å². The second-order valence-electron chi connectivity index (χ2n) is 10.9. The number of nitrogens with one attached hydrogen (secondary N) is 2. The molecule has 3 aromatic rings. The highest BCUT2D eigenvalue weighted by molar-refractivity contribution is 5.93. The standard InChI is InChI=1S/C30H37N5O5/c1-30(2,3)40-29(38)34-24(17-19-7-10-22(39-4)11-8-19)28(37)35-15-5-6-25(35)27(36)33-18-20-9-12-23-21(16-20)13-14-32-26(23)31/h7-14,16,24-25H,5-6,15,17-18H2,1-4H3,(H2,31,32)(H,33,36)(H,34,38)/t24-,25+/m1/s1. The molecule has 4 rings (SSSR count). The van der Waals surface area contributed by atoms with E-state index in [2.05, 4.69) is 15.6 Å². The molecule has 1 saturated heterocycles. The van der Waals surface area contributed by atoms with Crippen LogP contribution in [0.5, 0.6) is 5.75 Å². The van der Waals surface area contributed by atoms with Gasteiger partial charge in [-0.25, -0.2) is 9.78 Å². The van der Waals surface area contributed by atoms with Crippen molar-refractivity contribution in [3.05, 3.63) is 65.9 Å². The minimum Gasteiger partial charge on any atom is -0.497 e. The van der Waals surface area contributed by atoms with E-state index < -0.39 is 23.8 Å². The Morgan fingerprint density at radius 3 is 2.52 bits per heavy atom. The van der Waals surface area contributed by atoms with Crippen LogP contribution >= 0.6 is 0 Å². The number of hydrogen-bond donors (Lipinski definition) is 3. The SMILES string of the molecule is COc1ccc(C[C@@H](NC(=O)OC(C)(C)C)C(=O)N2CCC[C@H]2C(=O)NCc2ccc3c(N)nccc3c2)cc1. The number of nitrogen functional groups attached to an aromatic ring is 1. The van der Waals surface area contributed by atoms with Crippen molar-refractivity contribution in [1.82, 2.24) is 20.5 Å². The van der Waals surface area contributed by atoms with Gasteiger partial charge >= 0.3 is 6.09 Å². The van der Waals surface area contributed by atoms with Crippen molar-refractivity contribution in [3.63, 3.8) is 0 Å². The summed E-state index contributed by atoms with van der Waals surface area (Å²) in [7, 11) is 1.58. The molecule has 10 heteroatoms. The summed E-state index contributed by atoms with van der Waals surface area (Å²) in [4.78, 5) is 45.3. The maximum atomic E-state index is 13.8. The van der Waals surface area contributed by atoms with Crippen LogP contribution in [0.2, 0.25) is 0 Å². The number of amides is 3. The van der Waals surface area contributed by atoms with Crippen LogP contribution in [0.25, 0.3) is 10.8 Å². The molecule has 1 aliphatic heterocycles. The Morgan fingerprint density at radius 2 is 1.82 bits per heavy atom. The summed E-state index contributed by atoms with van der Waals surface area (Å²) >= 11 is 0. The summed E-state index contributed by atoms with van der Waals surface area (Å²) in [6.07, 6.45) is 2.43. The minimum atomic E-state index is -0.906. The average Bonchev–Trinajstić information content (AvgIpc) is 3.40. The van der Waals surface area contributed by atoms with Crippen molar-refractivity contribution < 1.29 is 23.9 Å². The van der Waals surface area contributed by atoms with Crippen LogP contribution in [-0.4, -0.2) is 59.1 Å². The van der Waals surface area contributed by atoms with E-state index >= 15 is 0 Å². The van der Waals surface area contributed by atoms with Gasteiger partial charge in [-0.15, -0.1) is 0 Å². The number of fused-ring (bicyclic) bond motifs is 1. The summed E-state index contributed by atoms with van der Waals surface area (Å²) < 4.78 is 10.6. The fourth-order valence-corrected chi connectivity index (χ4v) is 4.82. The van der Waals surface area contributed by atoms with Gasteiger partial charge in [0, 0.05) is 31.1 Å². The fourth-order valence-electron chi connectivity index (χ4n) is 4.82. The molecule has 4 N–H and O–H groups in total. The molecule has 212 valence electrons. The third kappa shape index (κ3) is 7.19. The van der Waals surface area contributed by atoms with Gasteiger partial charge in [-0.1, -0.05) is 24.3 Å². The smallest absolute Gasteiger partial charge is 0.408 e. The zero-order valence-electron chi connectivity index (χ0n) is 23.4. The second-order valence-corrected chi connectivity index (χ2v) is 10.9. The third-order valence-electron chi connectivity index (χ3n) is 6.75. The average molecular weight is 548 g/mol. The Bertz CT molecular complexity index is 1370. The van der Waals surface area contributed by atoms with E-state index in [1.807, 2.05) is 36.4 Å². The molecule has 1 aromatic heterocycles. The number of benzene rings is 2. The monoisotopic (exact) mass is 547 g/mol. The predicted molar refractivity (Wildman–Crippen MR) is 153 cm³/mol. The molecule has 0 saturated carbocycles. The van der Waals surface area contributed by atoms with Gasteiger partial charge in [0.1, 0.15) is 29.3 Å². The van der Waals surface area contributed by atoms with Gasteiger partial charge in [0.25, 0.3) is 0 Å². The first-order valence-electron chi connectivity index (χ1n) is 13.4. The fraction of sp³-hybridized carbons (Fsp3) is 0.400. The quantitative estimate of drug-likeness (QED) is 0.392. The van der Waals surface area contributed by atoms with E-state index in [9.17, 15) is 14.4 Å². The lowest BCUT2D eigenvalue weighted by Crippen LogP contribution is -2.54. The van der Waals surface area contributed by atoms with E-state index in [-0.39, 0.29) is 18.2 Å². The number of carbonyl (C=O) groups excluding carboxylic acids is 3. The Morgan fingerprint density at radius 1 is 1.10 bits per heavy atom. The number of alkyl carbamates (subject to hydrolysis) is 1. The lowest BCUT2D eigenvalue weighted by molar-refractivity contribution is -0.140. The van der Waals surface area contributed by atoms with Crippen LogP contribution < -0.4 is 21.1 Å².